The molecule has 0 unspecified atom stereocenters. The summed E-state index contributed by atoms with van der Waals surface area (Å²) in [5, 5.41) is -0.810. The van der Waals surface area contributed by atoms with E-state index in [1.54, 1.807) is 6.20 Å². The molecule has 0 aromatic heterocycles. The predicted molar refractivity (Wildman–Crippen MR) is 73.7 cm³/mol. The number of halogens is 3. The molecule has 0 spiro atoms. The van der Waals surface area contributed by atoms with Crippen LogP contribution in [-0.4, -0.2) is 29.6 Å². The maximum absolute atomic E-state index is 11.8. The molecular formula is C12H12Cl3NO2. The Bertz CT molecular complexity index is 474. The van der Waals surface area contributed by atoms with Crippen LogP contribution in [0.4, 0.5) is 0 Å². The Morgan fingerprint density at radius 1 is 0.944 bits per heavy atom. The zero-order valence-corrected chi connectivity index (χ0v) is 12.2. The lowest BCUT2D eigenvalue weighted by Gasteiger charge is -2.16. The van der Waals surface area contributed by atoms with Gasteiger partial charge in [-0.25, -0.2) is 0 Å². The standard InChI is InChI=1S/C12H12Cl3NO2/c1-3-16(4-2)6-5-7-8(13)12(18)10(15)9(14)11(7)17/h5-6H,3-4H2,1-2H3/b6-5+. The average molecular weight is 309 g/mol. The van der Waals surface area contributed by atoms with Gasteiger partial charge in [0, 0.05) is 18.7 Å². The molecule has 0 saturated heterocycles. The number of Topliss-reactive ketones (excluding diaryl/α,β-unsaturated/α-hetero) is 2. The second kappa shape index (κ2) is 6.41. The Morgan fingerprint density at radius 2 is 1.44 bits per heavy atom. The number of hydrogen-bond acceptors (Lipinski definition) is 3. The highest BCUT2D eigenvalue weighted by Gasteiger charge is 2.30. The molecule has 1 aliphatic rings. The lowest BCUT2D eigenvalue weighted by molar-refractivity contribution is -0.115. The van der Waals surface area contributed by atoms with Crippen molar-refractivity contribution in [1.29, 1.82) is 0 Å². The maximum atomic E-state index is 11.8. The number of allylic oxidation sites excluding steroid dienone is 5. The van der Waals surface area contributed by atoms with Gasteiger partial charge in [0.15, 0.2) is 0 Å². The molecule has 0 aromatic carbocycles. The van der Waals surface area contributed by atoms with Crippen molar-refractivity contribution in [2.75, 3.05) is 13.1 Å². The number of ketones is 2. The Kier molecular flexibility index (Phi) is 5.45. The fourth-order valence-corrected chi connectivity index (χ4v) is 2.06. The molecule has 6 heteroatoms. The Balaban J connectivity index is 3.09. The Morgan fingerprint density at radius 3 is 1.94 bits per heavy atom. The van der Waals surface area contributed by atoms with Gasteiger partial charge in [0.1, 0.15) is 15.1 Å². The summed E-state index contributed by atoms with van der Waals surface area (Å²) >= 11 is 17.1. The average Bonchev–Trinajstić information content (AvgIpc) is 2.38. The van der Waals surface area contributed by atoms with Crippen molar-refractivity contribution in [3.05, 3.63) is 32.9 Å². The summed E-state index contributed by atoms with van der Waals surface area (Å²) in [4.78, 5) is 25.4. The van der Waals surface area contributed by atoms with Crippen molar-refractivity contribution < 1.29 is 9.59 Å². The zero-order chi connectivity index (χ0) is 13.9. The van der Waals surface area contributed by atoms with Crippen LogP contribution in [0.3, 0.4) is 0 Å². The second-order valence-corrected chi connectivity index (χ2v) is 4.68. The van der Waals surface area contributed by atoms with Crippen LogP contribution in [0, 0.1) is 0 Å². The van der Waals surface area contributed by atoms with E-state index >= 15 is 0 Å². The second-order valence-electron chi connectivity index (χ2n) is 3.55. The monoisotopic (exact) mass is 307 g/mol. The van der Waals surface area contributed by atoms with Crippen molar-refractivity contribution in [2.24, 2.45) is 0 Å². The largest absolute Gasteiger partial charge is 0.378 e. The minimum absolute atomic E-state index is 0.0722. The number of hydrogen-bond donors (Lipinski definition) is 0. The van der Waals surface area contributed by atoms with Crippen LogP contribution in [0.15, 0.2) is 32.9 Å². The summed E-state index contributed by atoms with van der Waals surface area (Å²) in [5.41, 5.74) is 0.0722. The van der Waals surface area contributed by atoms with E-state index in [0.717, 1.165) is 13.1 Å². The normalized spacial score (nSPS) is 17.2. The third-order valence-electron chi connectivity index (χ3n) is 2.54. The topological polar surface area (TPSA) is 37.4 Å². The first-order chi connectivity index (χ1) is 8.43. The minimum atomic E-state index is -0.623. The minimum Gasteiger partial charge on any atom is -0.378 e. The molecule has 0 saturated carbocycles. The van der Waals surface area contributed by atoms with E-state index in [-0.39, 0.29) is 20.7 Å². The summed E-state index contributed by atoms with van der Waals surface area (Å²) in [7, 11) is 0. The van der Waals surface area contributed by atoms with Crippen LogP contribution in [0.1, 0.15) is 13.8 Å². The van der Waals surface area contributed by atoms with Gasteiger partial charge < -0.3 is 4.90 Å². The van der Waals surface area contributed by atoms with Crippen LogP contribution < -0.4 is 0 Å². The van der Waals surface area contributed by atoms with E-state index in [2.05, 4.69) is 0 Å². The Hall–Kier alpha value is -0.770. The molecule has 0 fully saturated rings. The molecule has 3 nitrogen and oxygen atoms in total. The van der Waals surface area contributed by atoms with Crippen molar-refractivity contribution >= 4 is 46.4 Å². The highest BCUT2D eigenvalue weighted by atomic mass is 35.5. The number of nitrogens with zero attached hydrogens (tertiary/aromatic N) is 1. The van der Waals surface area contributed by atoms with Crippen LogP contribution in [-0.2, 0) is 9.59 Å². The van der Waals surface area contributed by atoms with E-state index in [1.807, 2.05) is 18.7 Å². The summed E-state index contributed by atoms with van der Waals surface area (Å²) in [6.07, 6.45) is 3.19. The van der Waals surface area contributed by atoms with Gasteiger partial charge in [0.05, 0.1) is 0 Å². The summed E-state index contributed by atoms with van der Waals surface area (Å²) in [5.74, 6) is -1.16. The van der Waals surface area contributed by atoms with E-state index in [1.165, 1.54) is 6.08 Å². The summed E-state index contributed by atoms with van der Waals surface area (Å²) < 4.78 is 0. The molecule has 0 heterocycles. The van der Waals surface area contributed by atoms with Gasteiger partial charge in [-0.15, -0.1) is 0 Å². The first kappa shape index (κ1) is 15.3. The molecule has 0 atom stereocenters. The zero-order valence-electron chi connectivity index (χ0n) is 9.97. The van der Waals surface area contributed by atoms with Crippen molar-refractivity contribution in [1.82, 2.24) is 4.90 Å². The first-order valence-corrected chi connectivity index (χ1v) is 6.54. The smallest absolute Gasteiger partial charge is 0.218 e. The molecule has 0 bridgehead atoms. The predicted octanol–water partition coefficient (Wildman–Crippen LogP) is 3.18. The van der Waals surface area contributed by atoms with Gasteiger partial charge in [-0.05, 0) is 26.1 Å². The van der Waals surface area contributed by atoms with E-state index in [0.29, 0.717) is 0 Å². The number of carbonyl (C=O) groups excluding carboxylic acids is 2. The molecule has 1 rings (SSSR count). The first-order valence-electron chi connectivity index (χ1n) is 5.40. The highest BCUT2D eigenvalue weighted by Crippen LogP contribution is 2.31. The number of rotatable bonds is 4. The van der Waals surface area contributed by atoms with Gasteiger partial charge in [0.25, 0.3) is 0 Å². The molecule has 98 valence electrons. The quantitative estimate of drug-likeness (QED) is 0.749. The molecule has 0 amide bonds. The summed E-state index contributed by atoms with van der Waals surface area (Å²) in [6, 6.07) is 0. The molecule has 0 radical (unpaired) electrons. The maximum Gasteiger partial charge on any atom is 0.218 e. The summed E-state index contributed by atoms with van der Waals surface area (Å²) in [6.45, 7) is 5.51. The van der Waals surface area contributed by atoms with Gasteiger partial charge in [-0.3, -0.25) is 9.59 Å². The highest BCUT2D eigenvalue weighted by molar-refractivity contribution is 6.64. The van der Waals surface area contributed by atoms with E-state index in [9.17, 15) is 9.59 Å². The van der Waals surface area contributed by atoms with E-state index in [4.69, 9.17) is 34.8 Å². The Labute approximate surface area is 121 Å². The van der Waals surface area contributed by atoms with Crippen molar-refractivity contribution in [3.63, 3.8) is 0 Å². The van der Waals surface area contributed by atoms with Crippen molar-refractivity contribution in [2.45, 2.75) is 13.8 Å². The molecule has 1 aliphatic carbocycles. The van der Waals surface area contributed by atoms with Gasteiger partial charge in [-0.1, -0.05) is 34.8 Å². The van der Waals surface area contributed by atoms with Crippen LogP contribution in [0.2, 0.25) is 0 Å². The molecule has 0 aromatic rings. The molecular weight excluding hydrogens is 296 g/mol. The fraction of sp³-hybridized carbons (Fsp3) is 0.333. The van der Waals surface area contributed by atoms with E-state index < -0.39 is 11.6 Å². The third-order valence-corrected chi connectivity index (χ3v) is 3.73. The molecule has 0 aliphatic heterocycles. The molecule has 18 heavy (non-hydrogen) atoms. The lowest BCUT2D eigenvalue weighted by atomic mass is 10.0. The lowest BCUT2D eigenvalue weighted by Crippen LogP contribution is -2.19. The fourth-order valence-electron chi connectivity index (χ4n) is 1.40. The third kappa shape index (κ3) is 2.97. The van der Waals surface area contributed by atoms with Gasteiger partial charge >= 0.3 is 0 Å². The van der Waals surface area contributed by atoms with Crippen LogP contribution in [0.25, 0.3) is 0 Å². The van der Waals surface area contributed by atoms with Gasteiger partial charge in [0.2, 0.25) is 11.6 Å². The SMILES string of the molecule is CCN(/C=C/C1=C(Cl)C(=O)C(Cl)=C(Cl)C1=O)CC. The number of carbonyl (C=O) groups is 2. The van der Waals surface area contributed by atoms with Crippen molar-refractivity contribution in [3.8, 4) is 0 Å². The van der Waals surface area contributed by atoms with Crippen LogP contribution >= 0.6 is 34.8 Å². The van der Waals surface area contributed by atoms with Gasteiger partial charge in [-0.2, -0.15) is 0 Å². The van der Waals surface area contributed by atoms with Crippen LogP contribution in [0.5, 0.6) is 0 Å². The molecule has 0 N–H and O–H groups in total.